The molecule has 1 aliphatic rings. The molecular weight excluding hydrogens is 246 g/mol. The maximum atomic E-state index is 6.21. The summed E-state index contributed by atoms with van der Waals surface area (Å²) in [6, 6.07) is 10.8. The molecular formula is C18H21NO. The zero-order valence-electron chi connectivity index (χ0n) is 12.6. The van der Waals surface area contributed by atoms with E-state index in [4.69, 9.17) is 4.74 Å². The van der Waals surface area contributed by atoms with Gasteiger partial charge in [0.05, 0.1) is 12.2 Å². The van der Waals surface area contributed by atoms with Crippen molar-refractivity contribution in [2.45, 2.75) is 33.8 Å². The van der Waals surface area contributed by atoms with Gasteiger partial charge in [0.1, 0.15) is 11.9 Å². The fourth-order valence-corrected chi connectivity index (χ4v) is 3.14. The lowest BCUT2D eigenvalue weighted by Gasteiger charge is -2.30. The lowest BCUT2D eigenvalue weighted by molar-refractivity contribution is 0.209. The molecule has 0 radical (unpaired) electrons. The first-order valence-electron chi connectivity index (χ1n) is 7.13. The van der Waals surface area contributed by atoms with Gasteiger partial charge in [0.15, 0.2) is 0 Å². The molecule has 2 heteroatoms. The largest absolute Gasteiger partial charge is 0.482 e. The Bertz CT molecular complexity index is 637. The van der Waals surface area contributed by atoms with Crippen LogP contribution in [-0.2, 0) is 0 Å². The molecule has 1 heterocycles. The topological polar surface area (TPSA) is 21.3 Å². The van der Waals surface area contributed by atoms with Crippen molar-refractivity contribution < 1.29 is 4.74 Å². The van der Waals surface area contributed by atoms with Crippen LogP contribution in [0, 0.1) is 27.7 Å². The minimum absolute atomic E-state index is 0.0887. The van der Waals surface area contributed by atoms with Crippen molar-refractivity contribution in [2.24, 2.45) is 0 Å². The highest BCUT2D eigenvalue weighted by Gasteiger charge is 2.23. The normalized spacial score (nSPS) is 17.1. The molecule has 2 aromatic carbocycles. The Morgan fingerprint density at radius 1 is 0.950 bits per heavy atom. The van der Waals surface area contributed by atoms with Gasteiger partial charge in [-0.15, -0.1) is 0 Å². The molecule has 0 aromatic heterocycles. The van der Waals surface area contributed by atoms with E-state index in [9.17, 15) is 0 Å². The number of nitrogens with one attached hydrogen (secondary N) is 1. The zero-order chi connectivity index (χ0) is 14.3. The van der Waals surface area contributed by atoms with E-state index >= 15 is 0 Å². The number of anilines is 1. The molecule has 104 valence electrons. The Kier molecular flexibility index (Phi) is 3.17. The number of aryl methyl sites for hydroxylation is 4. The molecule has 1 N–H and O–H groups in total. The Labute approximate surface area is 120 Å². The van der Waals surface area contributed by atoms with Crippen LogP contribution in [0.15, 0.2) is 30.3 Å². The number of hydrogen-bond acceptors (Lipinski definition) is 2. The van der Waals surface area contributed by atoms with Crippen molar-refractivity contribution in [1.29, 1.82) is 0 Å². The molecule has 2 aromatic rings. The van der Waals surface area contributed by atoms with Crippen LogP contribution in [0.2, 0.25) is 0 Å². The summed E-state index contributed by atoms with van der Waals surface area (Å²) in [5, 5.41) is 3.50. The molecule has 0 saturated heterocycles. The average Bonchev–Trinajstić information content (AvgIpc) is 2.37. The van der Waals surface area contributed by atoms with Crippen molar-refractivity contribution in [3.8, 4) is 5.75 Å². The van der Waals surface area contributed by atoms with Crippen LogP contribution in [-0.4, -0.2) is 6.54 Å². The predicted molar refractivity (Wildman–Crippen MR) is 83.7 cm³/mol. The number of hydrogen-bond donors (Lipinski definition) is 1. The molecule has 0 fully saturated rings. The van der Waals surface area contributed by atoms with Crippen molar-refractivity contribution in [2.75, 3.05) is 11.9 Å². The molecule has 0 spiro atoms. The van der Waals surface area contributed by atoms with Crippen molar-refractivity contribution in [3.63, 3.8) is 0 Å². The van der Waals surface area contributed by atoms with Crippen molar-refractivity contribution in [1.82, 2.24) is 0 Å². The first kappa shape index (κ1) is 13.0. The van der Waals surface area contributed by atoms with Gasteiger partial charge < -0.3 is 10.1 Å². The molecule has 1 atom stereocenters. The van der Waals surface area contributed by atoms with E-state index in [2.05, 4.69) is 63.3 Å². The minimum atomic E-state index is 0.0887. The van der Waals surface area contributed by atoms with Crippen LogP contribution in [0.5, 0.6) is 5.75 Å². The summed E-state index contributed by atoms with van der Waals surface area (Å²) in [6.07, 6.45) is 0.0887. The van der Waals surface area contributed by atoms with E-state index < -0.39 is 0 Å². The first-order chi connectivity index (χ1) is 9.54. The fraction of sp³-hybridized carbons (Fsp3) is 0.333. The molecule has 0 amide bonds. The van der Waals surface area contributed by atoms with Gasteiger partial charge in [-0.3, -0.25) is 0 Å². The summed E-state index contributed by atoms with van der Waals surface area (Å²) in [4.78, 5) is 0. The van der Waals surface area contributed by atoms with E-state index in [0.717, 1.165) is 18.0 Å². The summed E-state index contributed by atoms with van der Waals surface area (Å²) in [5.74, 6) is 0.950. The maximum Gasteiger partial charge on any atom is 0.143 e. The van der Waals surface area contributed by atoms with Gasteiger partial charge in [0.2, 0.25) is 0 Å². The summed E-state index contributed by atoms with van der Waals surface area (Å²) in [7, 11) is 0. The summed E-state index contributed by atoms with van der Waals surface area (Å²) >= 11 is 0. The second kappa shape index (κ2) is 4.86. The molecule has 1 aliphatic heterocycles. The number of fused-ring (bicyclic) bond motifs is 1. The lowest BCUT2D eigenvalue weighted by Crippen LogP contribution is -2.25. The predicted octanol–water partition coefficient (Wildman–Crippen LogP) is 4.47. The van der Waals surface area contributed by atoms with E-state index in [-0.39, 0.29) is 6.10 Å². The van der Waals surface area contributed by atoms with Gasteiger partial charge in [0, 0.05) is 0 Å². The number of ether oxygens (including phenoxy) is 1. The quantitative estimate of drug-likeness (QED) is 0.823. The standard InChI is InChI=1S/C18H21NO/c1-11-5-6-16-15(9-11)19-10-17(20-16)18-13(3)7-12(2)8-14(18)4/h5-9,17,19H,10H2,1-4H3. The van der Waals surface area contributed by atoms with Crippen LogP contribution >= 0.6 is 0 Å². The smallest absolute Gasteiger partial charge is 0.143 e. The molecule has 3 rings (SSSR count). The second-order valence-electron chi connectivity index (χ2n) is 5.80. The number of rotatable bonds is 1. The maximum absolute atomic E-state index is 6.21. The summed E-state index contributed by atoms with van der Waals surface area (Å²) in [5.41, 5.74) is 7.59. The van der Waals surface area contributed by atoms with Crippen LogP contribution < -0.4 is 10.1 Å². The average molecular weight is 267 g/mol. The molecule has 20 heavy (non-hydrogen) atoms. The van der Waals surface area contributed by atoms with E-state index in [0.29, 0.717) is 0 Å². The molecule has 0 saturated carbocycles. The Morgan fingerprint density at radius 2 is 1.65 bits per heavy atom. The van der Waals surface area contributed by atoms with Gasteiger partial charge in [-0.25, -0.2) is 0 Å². The van der Waals surface area contributed by atoms with Crippen LogP contribution in [0.4, 0.5) is 5.69 Å². The van der Waals surface area contributed by atoms with Crippen LogP contribution in [0.25, 0.3) is 0 Å². The van der Waals surface area contributed by atoms with Crippen LogP contribution in [0.3, 0.4) is 0 Å². The highest BCUT2D eigenvalue weighted by atomic mass is 16.5. The van der Waals surface area contributed by atoms with Gasteiger partial charge in [-0.2, -0.15) is 0 Å². The monoisotopic (exact) mass is 267 g/mol. The zero-order valence-corrected chi connectivity index (χ0v) is 12.6. The molecule has 2 nitrogen and oxygen atoms in total. The molecule has 1 unspecified atom stereocenters. The lowest BCUT2D eigenvalue weighted by atomic mass is 9.94. The highest BCUT2D eigenvalue weighted by molar-refractivity contribution is 5.60. The Balaban J connectivity index is 1.96. The third kappa shape index (κ3) is 2.26. The summed E-state index contributed by atoms with van der Waals surface area (Å²) < 4.78 is 6.21. The Hall–Kier alpha value is -1.96. The third-order valence-corrected chi connectivity index (χ3v) is 3.94. The molecule has 0 bridgehead atoms. The van der Waals surface area contributed by atoms with E-state index in [1.165, 1.54) is 27.8 Å². The van der Waals surface area contributed by atoms with E-state index in [1.54, 1.807) is 0 Å². The van der Waals surface area contributed by atoms with Gasteiger partial charge >= 0.3 is 0 Å². The van der Waals surface area contributed by atoms with Gasteiger partial charge in [0.25, 0.3) is 0 Å². The van der Waals surface area contributed by atoms with Crippen LogP contribution in [0.1, 0.15) is 33.9 Å². The van der Waals surface area contributed by atoms with Gasteiger partial charge in [-0.05, 0) is 62.1 Å². The number of benzene rings is 2. The SMILES string of the molecule is Cc1cc(C)c(C2CNc3cc(C)ccc3O2)c(C)c1. The summed E-state index contributed by atoms with van der Waals surface area (Å²) in [6.45, 7) is 9.40. The Morgan fingerprint density at radius 3 is 2.35 bits per heavy atom. The first-order valence-corrected chi connectivity index (χ1v) is 7.13. The molecule has 0 aliphatic carbocycles. The fourth-order valence-electron chi connectivity index (χ4n) is 3.14. The van der Waals surface area contributed by atoms with Crippen molar-refractivity contribution in [3.05, 3.63) is 58.1 Å². The van der Waals surface area contributed by atoms with Gasteiger partial charge in [-0.1, -0.05) is 23.8 Å². The second-order valence-corrected chi connectivity index (χ2v) is 5.80. The highest BCUT2D eigenvalue weighted by Crippen LogP contribution is 2.36. The minimum Gasteiger partial charge on any atom is -0.482 e. The van der Waals surface area contributed by atoms with Crippen molar-refractivity contribution >= 4 is 5.69 Å². The van der Waals surface area contributed by atoms with E-state index in [1.807, 2.05) is 0 Å². The third-order valence-electron chi connectivity index (χ3n) is 3.94.